The molecule has 0 aliphatic heterocycles. The van der Waals surface area contributed by atoms with Crippen molar-refractivity contribution in [3.05, 3.63) is 0 Å². The molecule has 0 aromatic heterocycles. The molecular formula is C17H35NO2. The monoisotopic (exact) mass is 285 g/mol. The summed E-state index contributed by atoms with van der Waals surface area (Å²) in [5, 5.41) is 2.90. The number of carbonyl (C=O) groups is 1. The van der Waals surface area contributed by atoms with Crippen LogP contribution in [0.15, 0.2) is 0 Å². The van der Waals surface area contributed by atoms with Gasteiger partial charge in [0.15, 0.2) is 0 Å². The first-order valence-electron chi connectivity index (χ1n) is 8.40. The van der Waals surface area contributed by atoms with Crippen LogP contribution in [0, 0.1) is 5.92 Å². The van der Waals surface area contributed by atoms with Crippen molar-refractivity contribution in [1.82, 2.24) is 5.32 Å². The van der Waals surface area contributed by atoms with E-state index in [0.717, 1.165) is 18.9 Å². The molecule has 120 valence electrons. The predicted molar refractivity (Wildman–Crippen MR) is 85.9 cm³/mol. The fraction of sp³-hybridized carbons (Fsp3) is 0.941. The van der Waals surface area contributed by atoms with Crippen LogP contribution < -0.4 is 5.32 Å². The molecule has 0 radical (unpaired) electrons. The number of hydrogen-bond donors (Lipinski definition) is 1. The van der Waals surface area contributed by atoms with Gasteiger partial charge in [-0.15, -0.1) is 0 Å². The smallest absolute Gasteiger partial charge is 0.246 e. The summed E-state index contributed by atoms with van der Waals surface area (Å²) >= 11 is 0. The van der Waals surface area contributed by atoms with Crippen molar-refractivity contribution in [3.63, 3.8) is 0 Å². The van der Waals surface area contributed by atoms with Gasteiger partial charge >= 0.3 is 0 Å². The van der Waals surface area contributed by atoms with E-state index in [0.29, 0.717) is 0 Å². The predicted octanol–water partition coefficient (Wildman–Crippen LogP) is 4.30. The van der Waals surface area contributed by atoms with Gasteiger partial charge in [0.1, 0.15) is 6.61 Å². The van der Waals surface area contributed by atoms with E-state index < -0.39 is 0 Å². The van der Waals surface area contributed by atoms with Gasteiger partial charge in [0, 0.05) is 6.54 Å². The molecule has 0 aliphatic carbocycles. The average Bonchev–Trinajstić information content (AvgIpc) is 2.38. The average molecular weight is 285 g/mol. The van der Waals surface area contributed by atoms with E-state index in [4.69, 9.17) is 4.74 Å². The Labute approximate surface area is 125 Å². The van der Waals surface area contributed by atoms with Crippen molar-refractivity contribution in [3.8, 4) is 0 Å². The summed E-state index contributed by atoms with van der Waals surface area (Å²) < 4.78 is 5.24. The molecule has 0 fully saturated rings. The Morgan fingerprint density at radius 2 is 1.45 bits per heavy atom. The lowest BCUT2D eigenvalue weighted by Gasteiger charge is -2.08. The highest BCUT2D eigenvalue weighted by atomic mass is 16.5. The molecule has 0 bridgehead atoms. The Morgan fingerprint density at radius 1 is 0.900 bits per heavy atom. The van der Waals surface area contributed by atoms with E-state index in [1.165, 1.54) is 44.9 Å². The molecule has 20 heavy (non-hydrogen) atoms. The van der Waals surface area contributed by atoms with Crippen LogP contribution in [0.4, 0.5) is 0 Å². The molecule has 1 N–H and O–H groups in total. The lowest BCUT2D eigenvalue weighted by atomic mass is 10.0. The maximum absolute atomic E-state index is 11.4. The Morgan fingerprint density at radius 3 is 2.00 bits per heavy atom. The lowest BCUT2D eigenvalue weighted by Crippen LogP contribution is -2.29. The van der Waals surface area contributed by atoms with Crippen molar-refractivity contribution >= 4 is 5.91 Å². The third-order valence-corrected chi connectivity index (χ3v) is 3.33. The zero-order valence-corrected chi connectivity index (χ0v) is 14.0. The van der Waals surface area contributed by atoms with Crippen LogP contribution in [-0.4, -0.2) is 25.2 Å². The highest BCUT2D eigenvalue weighted by Gasteiger charge is 2.02. The number of nitrogens with one attached hydrogen (secondary N) is 1. The fourth-order valence-corrected chi connectivity index (χ4v) is 2.08. The maximum atomic E-state index is 11.4. The lowest BCUT2D eigenvalue weighted by molar-refractivity contribution is -0.127. The Kier molecular flexibility index (Phi) is 13.0. The van der Waals surface area contributed by atoms with Gasteiger partial charge in [-0.25, -0.2) is 0 Å². The van der Waals surface area contributed by atoms with Gasteiger partial charge in [0.05, 0.1) is 6.10 Å². The Balaban J connectivity index is 3.14. The van der Waals surface area contributed by atoms with Gasteiger partial charge in [0.2, 0.25) is 5.91 Å². The van der Waals surface area contributed by atoms with Crippen LogP contribution in [0.25, 0.3) is 0 Å². The fourth-order valence-electron chi connectivity index (χ4n) is 2.08. The van der Waals surface area contributed by atoms with E-state index in [1.807, 2.05) is 13.8 Å². The van der Waals surface area contributed by atoms with Crippen molar-refractivity contribution < 1.29 is 9.53 Å². The zero-order chi connectivity index (χ0) is 15.2. The molecule has 0 rings (SSSR count). The minimum absolute atomic E-state index is 0.00684. The normalized spacial score (nSPS) is 11.3. The molecule has 0 heterocycles. The molecule has 0 aliphatic rings. The third-order valence-electron chi connectivity index (χ3n) is 3.33. The van der Waals surface area contributed by atoms with E-state index in [1.54, 1.807) is 0 Å². The number of ether oxygens (including phenoxy) is 1. The Hall–Kier alpha value is -0.570. The second-order valence-electron chi connectivity index (χ2n) is 6.37. The van der Waals surface area contributed by atoms with Gasteiger partial charge in [-0.1, -0.05) is 58.8 Å². The maximum Gasteiger partial charge on any atom is 0.246 e. The number of carbonyl (C=O) groups excluding carboxylic acids is 1. The van der Waals surface area contributed by atoms with Crippen LogP contribution in [-0.2, 0) is 9.53 Å². The van der Waals surface area contributed by atoms with Crippen LogP contribution >= 0.6 is 0 Å². The van der Waals surface area contributed by atoms with Crippen LogP contribution in [0.3, 0.4) is 0 Å². The minimum Gasteiger partial charge on any atom is -0.369 e. The number of unbranched alkanes of at least 4 members (excludes halogenated alkanes) is 6. The number of hydrogen-bond acceptors (Lipinski definition) is 2. The zero-order valence-electron chi connectivity index (χ0n) is 14.0. The second-order valence-corrected chi connectivity index (χ2v) is 6.37. The topological polar surface area (TPSA) is 38.3 Å². The highest BCUT2D eigenvalue weighted by Crippen LogP contribution is 2.11. The summed E-state index contributed by atoms with van der Waals surface area (Å²) in [6, 6.07) is 0. The summed E-state index contributed by atoms with van der Waals surface area (Å²) in [4.78, 5) is 11.4. The molecule has 0 aromatic carbocycles. The summed E-state index contributed by atoms with van der Waals surface area (Å²) in [5.41, 5.74) is 0. The minimum atomic E-state index is 0.00684. The molecule has 0 spiro atoms. The van der Waals surface area contributed by atoms with Crippen molar-refractivity contribution in [2.75, 3.05) is 13.2 Å². The Bertz CT molecular complexity index is 227. The molecular weight excluding hydrogens is 250 g/mol. The van der Waals surface area contributed by atoms with Gasteiger partial charge in [-0.05, 0) is 26.2 Å². The van der Waals surface area contributed by atoms with Gasteiger partial charge in [-0.3, -0.25) is 4.79 Å². The largest absolute Gasteiger partial charge is 0.369 e. The molecule has 0 saturated heterocycles. The van der Waals surface area contributed by atoms with E-state index in [-0.39, 0.29) is 18.6 Å². The summed E-state index contributed by atoms with van der Waals surface area (Å²) in [5.74, 6) is 0.852. The standard InChI is InChI=1S/C17H35NO2/c1-15(2)12-10-8-6-5-7-9-11-13-18-17(19)14-20-16(3)4/h15-16H,5-14H2,1-4H3,(H,18,19). The molecule has 3 heteroatoms. The van der Waals surface area contributed by atoms with E-state index in [2.05, 4.69) is 19.2 Å². The van der Waals surface area contributed by atoms with Crippen molar-refractivity contribution in [1.29, 1.82) is 0 Å². The van der Waals surface area contributed by atoms with Crippen molar-refractivity contribution in [2.45, 2.75) is 85.2 Å². The first-order valence-corrected chi connectivity index (χ1v) is 8.40. The number of amides is 1. The first-order chi connectivity index (χ1) is 9.52. The summed E-state index contributed by atoms with van der Waals surface area (Å²) in [6.07, 6.45) is 10.5. The molecule has 3 nitrogen and oxygen atoms in total. The summed E-state index contributed by atoms with van der Waals surface area (Å²) in [7, 11) is 0. The van der Waals surface area contributed by atoms with Crippen LogP contribution in [0.5, 0.6) is 0 Å². The number of rotatable bonds is 13. The molecule has 0 atom stereocenters. The van der Waals surface area contributed by atoms with Gasteiger partial charge in [-0.2, -0.15) is 0 Å². The van der Waals surface area contributed by atoms with Gasteiger partial charge in [0.25, 0.3) is 0 Å². The molecule has 0 aromatic rings. The molecule has 0 saturated carbocycles. The third kappa shape index (κ3) is 15.5. The molecule has 1 amide bonds. The second kappa shape index (κ2) is 13.4. The first kappa shape index (κ1) is 19.4. The SMILES string of the molecule is CC(C)CCCCCCCCCNC(=O)COC(C)C. The van der Waals surface area contributed by atoms with Crippen LogP contribution in [0.2, 0.25) is 0 Å². The van der Waals surface area contributed by atoms with E-state index >= 15 is 0 Å². The van der Waals surface area contributed by atoms with E-state index in [9.17, 15) is 4.79 Å². The summed E-state index contributed by atoms with van der Waals surface area (Å²) in [6.45, 7) is 9.44. The molecule has 0 unspecified atom stereocenters. The highest BCUT2D eigenvalue weighted by molar-refractivity contribution is 5.77. The van der Waals surface area contributed by atoms with Crippen LogP contribution in [0.1, 0.15) is 79.1 Å². The quantitative estimate of drug-likeness (QED) is 0.512. The van der Waals surface area contributed by atoms with Crippen molar-refractivity contribution in [2.24, 2.45) is 5.92 Å². The van der Waals surface area contributed by atoms with Gasteiger partial charge < -0.3 is 10.1 Å².